The van der Waals surface area contributed by atoms with E-state index in [1.54, 1.807) is 51.1 Å². The zero-order chi connectivity index (χ0) is 27.4. The molecule has 0 radical (unpaired) electrons. The molecule has 2 aromatic heterocycles. The standard InChI is InChI=1S/C25H31N7O6/c1-15(13-33)32-22(28-29-30-32)19-6-5-7-21(26-19)27-23(34)18-10-17-12-31(24(35)38-14-25(2,3)36)9-8-16(17)11-20(18)37-4/h5-7,10-11,15,33,36H,8-9,12-14H2,1-4H3,(H,26,27,34)/t15-/m1/s1. The summed E-state index contributed by atoms with van der Waals surface area (Å²) >= 11 is 0. The van der Waals surface area contributed by atoms with Gasteiger partial charge in [-0.1, -0.05) is 6.07 Å². The van der Waals surface area contributed by atoms with Crippen molar-refractivity contribution in [2.24, 2.45) is 0 Å². The number of aliphatic hydroxyl groups is 2. The average molecular weight is 526 g/mol. The van der Waals surface area contributed by atoms with Crippen molar-refractivity contribution in [1.29, 1.82) is 0 Å². The van der Waals surface area contributed by atoms with Crippen LogP contribution in [-0.2, 0) is 17.7 Å². The number of nitrogens with zero attached hydrogens (tertiary/aromatic N) is 6. The van der Waals surface area contributed by atoms with E-state index in [0.29, 0.717) is 30.2 Å². The number of rotatable bonds is 8. The number of pyridine rings is 1. The van der Waals surface area contributed by atoms with Crippen LogP contribution in [0.1, 0.15) is 48.3 Å². The van der Waals surface area contributed by atoms with E-state index in [1.165, 1.54) is 16.7 Å². The molecule has 1 aromatic carbocycles. The lowest BCUT2D eigenvalue weighted by atomic mass is 9.96. The highest BCUT2D eigenvalue weighted by atomic mass is 16.6. The quantitative estimate of drug-likeness (QED) is 0.395. The number of methoxy groups -OCH3 is 1. The minimum atomic E-state index is -1.13. The summed E-state index contributed by atoms with van der Waals surface area (Å²) in [5, 5.41) is 33.7. The Morgan fingerprint density at radius 3 is 2.74 bits per heavy atom. The van der Waals surface area contributed by atoms with E-state index < -0.39 is 17.6 Å². The fourth-order valence-electron chi connectivity index (χ4n) is 3.97. The lowest BCUT2D eigenvalue weighted by Crippen LogP contribution is -2.39. The van der Waals surface area contributed by atoms with Crippen LogP contribution in [0.15, 0.2) is 30.3 Å². The molecule has 13 heteroatoms. The summed E-state index contributed by atoms with van der Waals surface area (Å²) in [4.78, 5) is 31.8. The van der Waals surface area contributed by atoms with Gasteiger partial charge in [0.2, 0.25) is 5.82 Å². The summed E-state index contributed by atoms with van der Waals surface area (Å²) in [5.41, 5.74) is 1.34. The highest BCUT2D eigenvalue weighted by Gasteiger charge is 2.27. The minimum absolute atomic E-state index is 0.122. The molecule has 1 aliphatic heterocycles. The third-order valence-electron chi connectivity index (χ3n) is 5.98. The van der Waals surface area contributed by atoms with Gasteiger partial charge in [-0.2, -0.15) is 0 Å². The topological polar surface area (TPSA) is 165 Å². The summed E-state index contributed by atoms with van der Waals surface area (Å²) in [5.74, 6) is 0.580. The molecule has 3 aromatic rings. The Kier molecular flexibility index (Phi) is 7.88. The Morgan fingerprint density at radius 1 is 1.24 bits per heavy atom. The molecule has 2 amide bonds. The number of hydrogen-bond acceptors (Lipinski definition) is 10. The Hall–Kier alpha value is -4.10. The highest BCUT2D eigenvalue weighted by molar-refractivity contribution is 6.06. The second-order valence-electron chi connectivity index (χ2n) is 9.70. The van der Waals surface area contributed by atoms with Crippen LogP contribution >= 0.6 is 0 Å². The van der Waals surface area contributed by atoms with Crippen LogP contribution in [0.25, 0.3) is 11.5 Å². The number of hydrogen-bond donors (Lipinski definition) is 3. The number of ether oxygens (including phenoxy) is 2. The Bertz CT molecular complexity index is 1320. The van der Waals surface area contributed by atoms with Gasteiger partial charge < -0.3 is 29.9 Å². The van der Waals surface area contributed by atoms with E-state index in [2.05, 4.69) is 25.8 Å². The van der Waals surface area contributed by atoms with Crippen LogP contribution in [0.2, 0.25) is 0 Å². The third-order valence-corrected chi connectivity index (χ3v) is 5.98. The fourth-order valence-corrected chi connectivity index (χ4v) is 3.97. The van der Waals surface area contributed by atoms with E-state index in [1.807, 2.05) is 0 Å². The molecule has 0 spiro atoms. The van der Waals surface area contributed by atoms with E-state index in [4.69, 9.17) is 9.47 Å². The van der Waals surface area contributed by atoms with Gasteiger partial charge in [-0.05, 0) is 73.0 Å². The van der Waals surface area contributed by atoms with Gasteiger partial charge in [0.15, 0.2) is 0 Å². The van der Waals surface area contributed by atoms with Gasteiger partial charge in [0.1, 0.15) is 23.9 Å². The normalized spacial score (nSPS) is 14.0. The van der Waals surface area contributed by atoms with Crippen LogP contribution < -0.4 is 10.1 Å². The zero-order valence-electron chi connectivity index (χ0n) is 21.7. The molecule has 0 unspecified atom stereocenters. The van der Waals surface area contributed by atoms with Crippen molar-refractivity contribution in [2.75, 3.05) is 32.2 Å². The maximum absolute atomic E-state index is 13.3. The van der Waals surface area contributed by atoms with Crippen molar-refractivity contribution in [3.8, 4) is 17.3 Å². The molecule has 0 aliphatic carbocycles. The summed E-state index contributed by atoms with van der Waals surface area (Å²) in [7, 11) is 1.49. The first-order chi connectivity index (χ1) is 18.1. The SMILES string of the molecule is COc1cc2c(cc1C(=O)Nc1cccc(-c3nnnn3[C@H](C)CO)n1)CN(C(=O)OCC(C)(C)O)CC2. The molecule has 3 N–H and O–H groups in total. The molecule has 13 nitrogen and oxygen atoms in total. The fraction of sp³-hybridized carbons (Fsp3) is 0.440. The van der Waals surface area contributed by atoms with Crippen LogP contribution in [0, 0.1) is 0 Å². The number of tetrazole rings is 1. The smallest absolute Gasteiger partial charge is 0.410 e. The number of benzene rings is 1. The highest BCUT2D eigenvalue weighted by Crippen LogP contribution is 2.29. The molecule has 202 valence electrons. The summed E-state index contributed by atoms with van der Waals surface area (Å²) < 4.78 is 12.2. The first-order valence-electron chi connectivity index (χ1n) is 12.1. The molecule has 3 heterocycles. The minimum Gasteiger partial charge on any atom is -0.496 e. The summed E-state index contributed by atoms with van der Waals surface area (Å²) in [6.45, 7) is 5.31. The predicted octanol–water partition coefficient (Wildman–Crippen LogP) is 1.81. The first-order valence-corrected chi connectivity index (χ1v) is 12.1. The molecular formula is C25H31N7O6. The number of nitrogens with one attached hydrogen (secondary N) is 1. The van der Waals surface area contributed by atoms with Gasteiger partial charge in [0, 0.05) is 13.1 Å². The zero-order valence-corrected chi connectivity index (χ0v) is 21.7. The molecule has 4 rings (SSSR count). The Balaban J connectivity index is 1.54. The number of carbonyl (C=O) groups is 2. The number of amides is 2. The van der Waals surface area contributed by atoms with Gasteiger partial charge in [-0.15, -0.1) is 5.10 Å². The summed E-state index contributed by atoms with van der Waals surface area (Å²) in [6, 6.07) is 8.20. The van der Waals surface area contributed by atoms with Gasteiger partial charge in [-0.25, -0.2) is 14.5 Å². The molecule has 0 saturated carbocycles. The Morgan fingerprint density at radius 2 is 2.03 bits per heavy atom. The lowest BCUT2D eigenvalue weighted by Gasteiger charge is -2.30. The molecular weight excluding hydrogens is 494 g/mol. The van der Waals surface area contributed by atoms with E-state index in [-0.39, 0.29) is 37.2 Å². The number of fused-ring (bicyclic) bond motifs is 1. The monoisotopic (exact) mass is 525 g/mol. The third kappa shape index (κ3) is 6.06. The van der Waals surface area contributed by atoms with Gasteiger partial charge in [0.05, 0.1) is 30.9 Å². The van der Waals surface area contributed by atoms with Crippen LogP contribution in [0.4, 0.5) is 10.6 Å². The molecule has 1 aliphatic rings. The molecule has 0 saturated heterocycles. The van der Waals surface area contributed by atoms with Crippen LogP contribution in [-0.4, -0.2) is 84.8 Å². The number of carbonyl (C=O) groups excluding carboxylic acids is 2. The van der Waals surface area contributed by atoms with E-state index >= 15 is 0 Å². The van der Waals surface area contributed by atoms with Crippen molar-refractivity contribution in [3.05, 3.63) is 47.0 Å². The van der Waals surface area contributed by atoms with Gasteiger partial charge in [-0.3, -0.25) is 4.79 Å². The maximum Gasteiger partial charge on any atom is 0.410 e. The number of aliphatic hydroxyl groups excluding tert-OH is 1. The lowest BCUT2D eigenvalue weighted by molar-refractivity contribution is -0.00487. The van der Waals surface area contributed by atoms with Gasteiger partial charge >= 0.3 is 6.09 Å². The van der Waals surface area contributed by atoms with Crippen molar-refractivity contribution in [1.82, 2.24) is 30.1 Å². The second-order valence-corrected chi connectivity index (χ2v) is 9.70. The van der Waals surface area contributed by atoms with Crippen LogP contribution in [0.5, 0.6) is 5.75 Å². The molecule has 1 atom stereocenters. The van der Waals surface area contributed by atoms with Gasteiger partial charge in [0.25, 0.3) is 5.91 Å². The molecule has 38 heavy (non-hydrogen) atoms. The second kappa shape index (κ2) is 11.1. The predicted molar refractivity (Wildman–Crippen MR) is 136 cm³/mol. The summed E-state index contributed by atoms with van der Waals surface area (Å²) in [6.07, 6.45) is 0.0361. The van der Waals surface area contributed by atoms with E-state index in [0.717, 1.165) is 11.1 Å². The number of anilines is 1. The maximum atomic E-state index is 13.3. The largest absolute Gasteiger partial charge is 0.496 e. The molecule has 0 fully saturated rings. The average Bonchev–Trinajstić information content (AvgIpc) is 3.40. The van der Waals surface area contributed by atoms with Crippen LogP contribution in [0.3, 0.4) is 0 Å². The van der Waals surface area contributed by atoms with E-state index in [9.17, 15) is 19.8 Å². The van der Waals surface area contributed by atoms with Crippen molar-refractivity contribution in [2.45, 2.75) is 45.4 Å². The van der Waals surface area contributed by atoms with Crippen molar-refractivity contribution in [3.63, 3.8) is 0 Å². The first kappa shape index (κ1) is 26.9. The number of aromatic nitrogens is 5. The molecule has 0 bridgehead atoms. The van der Waals surface area contributed by atoms with Crippen molar-refractivity contribution < 1.29 is 29.3 Å². The van der Waals surface area contributed by atoms with Crippen molar-refractivity contribution >= 4 is 17.8 Å². The Labute approximate surface area is 219 Å².